The number of carbonyl (C=O) groups is 1. The molecule has 2 aromatic rings. The summed E-state index contributed by atoms with van der Waals surface area (Å²) < 4.78 is 45.6. The molecule has 0 unspecified atom stereocenters. The molecule has 2 rings (SSSR count). The van der Waals surface area contributed by atoms with Crippen LogP contribution in [0.1, 0.15) is 29.8 Å². The molecule has 0 atom stereocenters. The van der Waals surface area contributed by atoms with Crippen LogP contribution in [0, 0.1) is 5.82 Å². The summed E-state index contributed by atoms with van der Waals surface area (Å²) >= 11 is 0. The molecule has 146 valence electrons. The Labute approximate surface area is 159 Å². The van der Waals surface area contributed by atoms with Crippen molar-refractivity contribution in [1.82, 2.24) is 9.62 Å². The summed E-state index contributed by atoms with van der Waals surface area (Å²) in [5, 5.41) is 2.70. The smallest absolute Gasteiger partial charge is 0.251 e. The summed E-state index contributed by atoms with van der Waals surface area (Å²) in [5.41, 5.74) is 0.894. The zero-order valence-electron chi connectivity index (χ0n) is 15.5. The molecule has 0 radical (unpaired) electrons. The third kappa shape index (κ3) is 4.84. The molecule has 0 aliphatic carbocycles. The highest BCUT2D eigenvalue weighted by atomic mass is 32.2. The molecule has 0 saturated carbocycles. The molecule has 0 fully saturated rings. The number of nitrogens with zero attached hydrogens (tertiary/aromatic N) is 1. The number of benzene rings is 2. The van der Waals surface area contributed by atoms with Gasteiger partial charge in [0.2, 0.25) is 10.0 Å². The van der Waals surface area contributed by atoms with Gasteiger partial charge in [0.05, 0.1) is 7.11 Å². The molecule has 0 saturated heterocycles. The summed E-state index contributed by atoms with van der Waals surface area (Å²) in [6.45, 7) is 3.99. The van der Waals surface area contributed by atoms with Gasteiger partial charge in [-0.3, -0.25) is 4.79 Å². The standard InChI is InChI=1S/C19H23FN2O4S/c1-4-22(5-2)27(24,25)18-12-15(9-10-17(18)20)19(23)21-13-14-7-6-8-16(11-14)26-3/h6-12H,4-5,13H2,1-3H3,(H,21,23). The molecular formula is C19H23FN2O4S. The Bertz CT molecular complexity index is 912. The van der Waals surface area contributed by atoms with Crippen molar-refractivity contribution in [1.29, 1.82) is 0 Å². The third-order valence-electron chi connectivity index (χ3n) is 4.10. The molecule has 2 aromatic carbocycles. The lowest BCUT2D eigenvalue weighted by Crippen LogP contribution is -2.31. The van der Waals surface area contributed by atoms with Gasteiger partial charge in [0.1, 0.15) is 16.5 Å². The number of sulfonamides is 1. The Morgan fingerprint density at radius 2 is 1.85 bits per heavy atom. The second-order valence-electron chi connectivity index (χ2n) is 5.77. The maximum absolute atomic E-state index is 14.1. The van der Waals surface area contributed by atoms with Crippen LogP contribution in [0.3, 0.4) is 0 Å². The first-order valence-electron chi connectivity index (χ1n) is 8.54. The third-order valence-corrected chi connectivity index (χ3v) is 6.17. The number of nitrogens with one attached hydrogen (secondary N) is 1. The van der Waals surface area contributed by atoms with Gasteiger partial charge in [-0.2, -0.15) is 4.31 Å². The van der Waals surface area contributed by atoms with E-state index in [1.807, 2.05) is 6.07 Å². The van der Waals surface area contributed by atoms with Gasteiger partial charge in [-0.25, -0.2) is 12.8 Å². The summed E-state index contributed by atoms with van der Waals surface area (Å²) in [6, 6.07) is 10.5. The summed E-state index contributed by atoms with van der Waals surface area (Å²) in [6.07, 6.45) is 0. The van der Waals surface area contributed by atoms with E-state index < -0.39 is 26.6 Å². The molecule has 0 spiro atoms. The predicted molar refractivity (Wildman–Crippen MR) is 101 cm³/mol. The van der Waals surface area contributed by atoms with Gasteiger partial charge in [-0.1, -0.05) is 26.0 Å². The zero-order valence-corrected chi connectivity index (χ0v) is 16.3. The molecule has 0 aliphatic heterocycles. The molecule has 1 amide bonds. The Morgan fingerprint density at radius 3 is 2.48 bits per heavy atom. The van der Waals surface area contributed by atoms with Crippen LogP contribution >= 0.6 is 0 Å². The van der Waals surface area contributed by atoms with E-state index in [-0.39, 0.29) is 25.2 Å². The lowest BCUT2D eigenvalue weighted by atomic mass is 10.2. The highest BCUT2D eigenvalue weighted by Gasteiger charge is 2.26. The highest BCUT2D eigenvalue weighted by molar-refractivity contribution is 7.89. The monoisotopic (exact) mass is 394 g/mol. The van der Waals surface area contributed by atoms with E-state index in [9.17, 15) is 17.6 Å². The van der Waals surface area contributed by atoms with Crippen molar-refractivity contribution < 1.29 is 22.3 Å². The summed E-state index contributed by atoms with van der Waals surface area (Å²) in [7, 11) is -2.45. The number of hydrogen-bond acceptors (Lipinski definition) is 4. The lowest BCUT2D eigenvalue weighted by Gasteiger charge is -2.19. The molecule has 0 aromatic heterocycles. The first-order chi connectivity index (χ1) is 12.8. The van der Waals surface area contributed by atoms with Crippen LogP contribution in [0.2, 0.25) is 0 Å². The first kappa shape index (κ1) is 20.9. The second-order valence-corrected chi connectivity index (χ2v) is 7.68. The van der Waals surface area contributed by atoms with Gasteiger partial charge < -0.3 is 10.1 Å². The van der Waals surface area contributed by atoms with Crippen LogP contribution in [0.5, 0.6) is 5.75 Å². The van der Waals surface area contributed by atoms with Crippen LogP contribution in [0.15, 0.2) is 47.4 Å². The zero-order chi connectivity index (χ0) is 20.0. The minimum Gasteiger partial charge on any atom is -0.497 e. The van der Waals surface area contributed by atoms with E-state index in [0.29, 0.717) is 5.75 Å². The fourth-order valence-corrected chi connectivity index (χ4v) is 4.16. The molecule has 8 heteroatoms. The topological polar surface area (TPSA) is 75.7 Å². The minimum absolute atomic E-state index is 0.0741. The van der Waals surface area contributed by atoms with E-state index >= 15 is 0 Å². The van der Waals surface area contributed by atoms with E-state index in [0.717, 1.165) is 22.0 Å². The van der Waals surface area contributed by atoms with Crippen molar-refractivity contribution in [2.45, 2.75) is 25.3 Å². The quantitative estimate of drug-likeness (QED) is 0.747. The van der Waals surface area contributed by atoms with E-state index in [2.05, 4.69) is 5.32 Å². The van der Waals surface area contributed by atoms with Gasteiger partial charge in [0, 0.05) is 25.2 Å². The number of carbonyl (C=O) groups excluding carboxylic acids is 1. The molecule has 0 heterocycles. The summed E-state index contributed by atoms with van der Waals surface area (Å²) in [5.74, 6) is -0.712. The number of methoxy groups -OCH3 is 1. The van der Waals surface area contributed by atoms with Crippen molar-refractivity contribution in [2.24, 2.45) is 0 Å². The van der Waals surface area contributed by atoms with Crippen LogP contribution < -0.4 is 10.1 Å². The lowest BCUT2D eigenvalue weighted by molar-refractivity contribution is 0.0950. The fraction of sp³-hybridized carbons (Fsp3) is 0.316. The van der Waals surface area contributed by atoms with Crippen molar-refractivity contribution >= 4 is 15.9 Å². The number of ether oxygens (including phenoxy) is 1. The maximum atomic E-state index is 14.1. The van der Waals surface area contributed by atoms with Crippen LogP contribution in [0.25, 0.3) is 0 Å². The highest BCUT2D eigenvalue weighted by Crippen LogP contribution is 2.21. The predicted octanol–water partition coefficient (Wildman–Crippen LogP) is 2.79. The van der Waals surface area contributed by atoms with Crippen molar-refractivity contribution in [3.8, 4) is 5.75 Å². The molecule has 27 heavy (non-hydrogen) atoms. The van der Waals surface area contributed by atoms with Crippen molar-refractivity contribution in [2.75, 3.05) is 20.2 Å². The van der Waals surface area contributed by atoms with Crippen molar-refractivity contribution in [3.05, 3.63) is 59.4 Å². The average molecular weight is 394 g/mol. The molecular weight excluding hydrogens is 371 g/mol. The van der Waals surface area contributed by atoms with Crippen LogP contribution in [-0.4, -0.2) is 38.8 Å². The van der Waals surface area contributed by atoms with Gasteiger partial charge in [-0.15, -0.1) is 0 Å². The fourth-order valence-electron chi connectivity index (χ4n) is 2.61. The van der Waals surface area contributed by atoms with Gasteiger partial charge in [-0.05, 0) is 35.9 Å². The second kappa shape index (κ2) is 8.96. The Balaban J connectivity index is 2.22. The Morgan fingerprint density at radius 1 is 1.15 bits per heavy atom. The minimum atomic E-state index is -4.00. The van der Waals surface area contributed by atoms with Crippen molar-refractivity contribution in [3.63, 3.8) is 0 Å². The molecule has 1 N–H and O–H groups in total. The Kier molecular flexibility index (Phi) is 6.92. The maximum Gasteiger partial charge on any atom is 0.251 e. The average Bonchev–Trinajstić information content (AvgIpc) is 2.67. The van der Waals surface area contributed by atoms with E-state index in [1.54, 1.807) is 39.2 Å². The van der Waals surface area contributed by atoms with Crippen LogP contribution in [0.4, 0.5) is 4.39 Å². The summed E-state index contributed by atoms with van der Waals surface area (Å²) in [4.78, 5) is 11.9. The van der Waals surface area contributed by atoms with Crippen LogP contribution in [-0.2, 0) is 16.6 Å². The first-order valence-corrected chi connectivity index (χ1v) is 9.98. The van der Waals surface area contributed by atoms with Gasteiger partial charge in [0.15, 0.2) is 0 Å². The number of rotatable bonds is 8. The number of halogens is 1. The number of amides is 1. The van der Waals surface area contributed by atoms with E-state index in [1.165, 1.54) is 6.07 Å². The molecule has 0 bridgehead atoms. The number of hydrogen-bond donors (Lipinski definition) is 1. The largest absolute Gasteiger partial charge is 0.497 e. The van der Waals surface area contributed by atoms with E-state index in [4.69, 9.17) is 4.74 Å². The molecule has 0 aliphatic rings. The van der Waals surface area contributed by atoms with Gasteiger partial charge in [0.25, 0.3) is 5.91 Å². The molecule has 6 nitrogen and oxygen atoms in total. The van der Waals surface area contributed by atoms with Gasteiger partial charge >= 0.3 is 0 Å². The normalized spacial score (nSPS) is 11.4. The Hall–Kier alpha value is -2.45. The SMILES string of the molecule is CCN(CC)S(=O)(=O)c1cc(C(=O)NCc2cccc(OC)c2)ccc1F.